The Hall–Kier alpha value is -3.36. The fraction of sp³-hybridized carbons (Fsp3) is 0.200. The zero-order valence-corrected chi connectivity index (χ0v) is 15.7. The minimum Gasteiger partial charge on any atom is -0.380 e. The monoisotopic (exact) mass is 376 g/mol. The lowest BCUT2D eigenvalue weighted by atomic mass is 10.2. The topological polar surface area (TPSA) is 87.0 Å². The van der Waals surface area contributed by atoms with E-state index in [0.717, 1.165) is 22.5 Å². The zero-order chi connectivity index (χ0) is 19.3. The summed E-state index contributed by atoms with van der Waals surface area (Å²) in [6.07, 6.45) is 1.66. The van der Waals surface area contributed by atoms with Crippen molar-refractivity contribution in [3.8, 4) is 5.69 Å². The first-order chi connectivity index (χ1) is 13.8. The van der Waals surface area contributed by atoms with Crippen LogP contribution in [0.4, 0.5) is 11.6 Å². The first-order valence-electron chi connectivity index (χ1n) is 8.78. The van der Waals surface area contributed by atoms with E-state index >= 15 is 0 Å². The number of fused-ring (bicyclic) bond motifs is 1. The van der Waals surface area contributed by atoms with Gasteiger partial charge in [-0.25, -0.2) is 4.98 Å². The van der Waals surface area contributed by atoms with Crippen LogP contribution in [-0.4, -0.2) is 39.2 Å². The fourth-order valence-corrected chi connectivity index (χ4v) is 2.94. The molecule has 2 heterocycles. The lowest BCUT2D eigenvalue weighted by molar-refractivity contribution is 0.185. The van der Waals surface area contributed by atoms with Gasteiger partial charge in [0.25, 0.3) is 0 Å². The second kappa shape index (κ2) is 8.12. The van der Waals surface area contributed by atoms with Crippen molar-refractivity contribution in [2.75, 3.05) is 19.5 Å². The maximum absolute atomic E-state index is 5.21. The quantitative estimate of drug-likeness (QED) is 0.530. The predicted molar refractivity (Wildman–Crippen MR) is 106 cm³/mol. The summed E-state index contributed by atoms with van der Waals surface area (Å²) in [4.78, 5) is 8.95. The molecule has 0 saturated carbocycles. The van der Waals surface area contributed by atoms with Crippen molar-refractivity contribution in [2.24, 2.45) is 0 Å². The van der Waals surface area contributed by atoms with Crippen LogP contribution >= 0.6 is 0 Å². The van der Waals surface area contributed by atoms with Crippen LogP contribution in [0.25, 0.3) is 16.9 Å². The lowest BCUT2D eigenvalue weighted by Crippen LogP contribution is -2.02. The molecule has 1 N–H and O–H groups in total. The van der Waals surface area contributed by atoms with Crippen LogP contribution in [0.3, 0.4) is 0 Å². The number of nitrogens with zero attached hydrogens (tertiary/aromatic N) is 5. The smallest absolute Gasteiger partial charge is 0.229 e. The molecule has 0 unspecified atom stereocenters. The van der Waals surface area contributed by atoms with E-state index in [1.54, 1.807) is 25.1 Å². The normalized spacial score (nSPS) is 11.1. The zero-order valence-electron chi connectivity index (χ0n) is 15.7. The van der Waals surface area contributed by atoms with E-state index < -0.39 is 0 Å². The first kappa shape index (κ1) is 18.0. The van der Waals surface area contributed by atoms with E-state index in [1.807, 2.05) is 48.5 Å². The third-order valence-corrected chi connectivity index (χ3v) is 4.15. The summed E-state index contributed by atoms with van der Waals surface area (Å²) < 4.78 is 12.1. The van der Waals surface area contributed by atoms with Crippen molar-refractivity contribution in [3.63, 3.8) is 0 Å². The Morgan fingerprint density at radius 1 is 0.964 bits per heavy atom. The molecule has 0 saturated heterocycles. The Kier molecular flexibility index (Phi) is 5.22. The summed E-state index contributed by atoms with van der Waals surface area (Å²) >= 11 is 0. The number of methoxy groups -OCH3 is 2. The van der Waals surface area contributed by atoms with Crippen molar-refractivity contribution >= 4 is 22.8 Å². The number of hydrogen-bond acceptors (Lipinski definition) is 7. The van der Waals surface area contributed by atoms with Crippen LogP contribution in [0.5, 0.6) is 0 Å². The molecule has 0 aliphatic heterocycles. The molecule has 8 nitrogen and oxygen atoms in total. The molecule has 0 spiro atoms. The lowest BCUT2D eigenvalue weighted by Gasteiger charge is -2.08. The highest BCUT2D eigenvalue weighted by Gasteiger charge is 2.11. The van der Waals surface area contributed by atoms with Gasteiger partial charge in [-0.1, -0.05) is 29.5 Å². The first-order valence-corrected chi connectivity index (χ1v) is 8.78. The van der Waals surface area contributed by atoms with Gasteiger partial charge in [-0.15, -0.1) is 5.10 Å². The number of aromatic nitrogens is 5. The predicted octanol–water partition coefficient (Wildman–Crippen LogP) is 3.25. The van der Waals surface area contributed by atoms with Gasteiger partial charge in [0.1, 0.15) is 0 Å². The molecule has 0 radical (unpaired) electrons. The van der Waals surface area contributed by atoms with Crippen molar-refractivity contribution < 1.29 is 9.47 Å². The molecule has 0 aliphatic rings. The van der Waals surface area contributed by atoms with Gasteiger partial charge in [0, 0.05) is 19.9 Å². The van der Waals surface area contributed by atoms with Crippen molar-refractivity contribution in [3.05, 3.63) is 65.9 Å². The van der Waals surface area contributed by atoms with Gasteiger partial charge in [0.15, 0.2) is 11.2 Å². The largest absolute Gasteiger partial charge is 0.380 e. The summed E-state index contributed by atoms with van der Waals surface area (Å²) in [5, 5.41) is 11.6. The Morgan fingerprint density at radius 3 is 2.50 bits per heavy atom. The van der Waals surface area contributed by atoms with Crippen LogP contribution in [0.15, 0.2) is 54.7 Å². The van der Waals surface area contributed by atoms with Crippen molar-refractivity contribution in [2.45, 2.75) is 13.2 Å². The number of anilines is 2. The van der Waals surface area contributed by atoms with Crippen LogP contribution in [-0.2, 0) is 22.7 Å². The average Bonchev–Trinajstić information content (AvgIpc) is 3.12. The number of rotatable bonds is 7. The summed E-state index contributed by atoms with van der Waals surface area (Å²) in [5.41, 5.74) is 5.11. The van der Waals surface area contributed by atoms with Gasteiger partial charge in [-0.05, 0) is 35.4 Å². The highest BCUT2D eigenvalue weighted by Crippen LogP contribution is 2.19. The Labute approximate surface area is 162 Å². The summed E-state index contributed by atoms with van der Waals surface area (Å²) in [6.45, 7) is 1.07. The van der Waals surface area contributed by atoms with Gasteiger partial charge in [0.2, 0.25) is 5.95 Å². The molecule has 2 aromatic carbocycles. The van der Waals surface area contributed by atoms with E-state index in [4.69, 9.17) is 9.47 Å². The van der Waals surface area contributed by atoms with Crippen LogP contribution in [0.2, 0.25) is 0 Å². The maximum atomic E-state index is 5.21. The van der Waals surface area contributed by atoms with E-state index in [0.29, 0.717) is 30.3 Å². The number of nitrogens with one attached hydrogen (secondary N) is 1. The SMILES string of the molecule is COCc1cccc(Nc2ncc3nnn(-c4cccc(COC)c4)c3n2)c1. The standard InChI is InChI=1S/C20H20N6O2/c1-27-12-14-5-3-7-16(9-14)22-20-21-11-18-19(23-20)26(25-24-18)17-8-4-6-15(10-17)13-28-2/h3-11H,12-13H2,1-2H3,(H,21,22,23). The molecular weight excluding hydrogens is 356 g/mol. The second-order valence-electron chi connectivity index (χ2n) is 6.27. The van der Waals surface area contributed by atoms with E-state index in [9.17, 15) is 0 Å². The molecule has 0 fully saturated rings. The second-order valence-corrected chi connectivity index (χ2v) is 6.27. The highest BCUT2D eigenvalue weighted by atomic mass is 16.5. The molecule has 0 atom stereocenters. The van der Waals surface area contributed by atoms with E-state index in [2.05, 4.69) is 25.6 Å². The summed E-state index contributed by atoms with van der Waals surface area (Å²) in [7, 11) is 3.34. The minimum atomic E-state index is 0.471. The van der Waals surface area contributed by atoms with Crippen molar-refractivity contribution in [1.82, 2.24) is 25.0 Å². The van der Waals surface area contributed by atoms with E-state index in [-0.39, 0.29) is 0 Å². The van der Waals surface area contributed by atoms with Gasteiger partial charge < -0.3 is 14.8 Å². The molecule has 2 aromatic heterocycles. The van der Waals surface area contributed by atoms with E-state index in [1.165, 1.54) is 0 Å². The average molecular weight is 376 g/mol. The Bertz CT molecular complexity index is 1090. The summed E-state index contributed by atoms with van der Waals surface area (Å²) in [6, 6.07) is 15.8. The Balaban J connectivity index is 1.66. The highest BCUT2D eigenvalue weighted by molar-refractivity contribution is 5.72. The molecule has 4 rings (SSSR count). The fourth-order valence-electron chi connectivity index (χ4n) is 2.94. The third kappa shape index (κ3) is 3.83. The van der Waals surface area contributed by atoms with Gasteiger partial charge >= 0.3 is 0 Å². The summed E-state index contributed by atoms with van der Waals surface area (Å²) in [5.74, 6) is 0.471. The third-order valence-electron chi connectivity index (χ3n) is 4.15. The molecule has 4 aromatic rings. The molecule has 0 bridgehead atoms. The molecule has 0 aliphatic carbocycles. The number of ether oxygens (including phenoxy) is 2. The molecule has 8 heteroatoms. The molecule has 0 amide bonds. The molecule has 142 valence electrons. The Morgan fingerprint density at radius 2 is 1.71 bits per heavy atom. The minimum absolute atomic E-state index is 0.471. The van der Waals surface area contributed by atoms with Gasteiger partial charge in [-0.2, -0.15) is 9.67 Å². The van der Waals surface area contributed by atoms with Crippen molar-refractivity contribution in [1.29, 1.82) is 0 Å². The maximum Gasteiger partial charge on any atom is 0.229 e. The van der Waals surface area contributed by atoms with Gasteiger partial charge in [0.05, 0.1) is 25.1 Å². The van der Waals surface area contributed by atoms with Crippen LogP contribution in [0, 0.1) is 0 Å². The molecule has 28 heavy (non-hydrogen) atoms. The number of hydrogen-bond donors (Lipinski definition) is 1. The molecular formula is C20H20N6O2. The number of benzene rings is 2. The van der Waals surface area contributed by atoms with Gasteiger partial charge in [-0.3, -0.25) is 0 Å². The van der Waals surface area contributed by atoms with Crippen LogP contribution < -0.4 is 5.32 Å². The van der Waals surface area contributed by atoms with Crippen LogP contribution in [0.1, 0.15) is 11.1 Å².